The topological polar surface area (TPSA) is 40.5 Å². The molecule has 0 saturated heterocycles. The number of hydrogen-bond acceptors (Lipinski definition) is 2. The Balaban J connectivity index is 1.90. The maximum Gasteiger partial charge on any atom is 0.0729 e. The van der Waals surface area contributed by atoms with E-state index in [0.717, 1.165) is 19.3 Å². The lowest BCUT2D eigenvalue weighted by atomic mass is 9.67. The summed E-state index contributed by atoms with van der Waals surface area (Å²) in [5, 5.41) is 20.2. The highest BCUT2D eigenvalue weighted by Crippen LogP contribution is 2.42. The third kappa shape index (κ3) is 11.7. The van der Waals surface area contributed by atoms with Crippen LogP contribution in [-0.4, -0.2) is 22.4 Å². The normalized spacial score (nSPS) is 26.6. The third-order valence-electron chi connectivity index (χ3n) is 8.33. The minimum Gasteiger partial charge on any atom is -0.393 e. The molecule has 0 saturated carbocycles. The van der Waals surface area contributed by atoms with Gasteiger partial charge < -0.3 is 10.2 Å². The molecule has 0 spiro atoms. The Hall–Kier alpha value is -2.94. The van der Waals surface area contributed by atoms with Crippen molar-refractivity contribution in [3.8, 4) is 0 Å². The summed E-state index contributed by atoms with van der Waals surface area (Å²) in [4.78, 5) is 0. The Morgan fingerprint density at radius 1 is 0.714 bits per heavy atom. The van der Waals surface area contributed by atoms with E-state index >= 15 is 0 Å². The van der Waals surface area contributed by atoms with Crippen molar-refractivity contribution >= 4 is 0 Å². The maximum atomic E-state index is 10.1. The van der Waals surface area contributed by atoms with Crippen LogP contribution >= 0.6 is 0 Å². The molecule has 0 aromatic heterocycles. The third-order valence-corrected chi connectivity index (χ3v) is 8.33. The van der Waals surface area contributed by atoms with E-state index in [0.29, 0.717) is 5.92 Å². The van der Waals surface area contributed by atoms with Gasteiger partial charge in [-0.15, -0.1) is 0 Å². The van der Waals surface area contributed by atoms with Gasteiger partial charge in [0.25, 0.3) is 0 Å². The second-order valence-electron chi connectivity index (χ2n) is 13.7. The molecular weight excluding hydrogens is 512 g/mol. The van der Waals surface area contributed by atoms with E-state index in [1.54, 1.807) is 0 Å². The highest BCUT2D eigenvalue weighted by atomic mass is 16.3. The van der Waals surface area contributed by atoms with E-state index in [-0.39, 0.29) is 23.0 Å². The quantitative estimate of drug-likeness (QED) is 0.203. The van der Waals surface area contributed by atoms with Gasteiger partial charge >= 0.3 is 0 Å². The molecule has 2 heteroatoms. The van der Waals surface area contributed by atoms with Crippen molar-refractivity contribution < 1.29 is 10.2 Å². The first kappa shape index (κ1) is 35.3. The fourth-order valence-corrected chi connectivity index (χ4v) is 6.14. The molecule has 3 atom stereocenters. The molecule has 0 heterocycles. The molecule has 0 aromatic rings. The van der Waals surface area contributed by atoms with Crippen LogP contribution < -0.4 is 0 Å². The van der Waals surface area contributed by atoms with Gasteiger partial charge in [-0.2, -0.15) is 0 Å². The molecule has 0 aliphatic heterocycles. The van der Waals surface area contributed by atoms with Gasteiger partial charge in [0.05, 0.1) is 12.2 Å². The molecule has 2 aliphatic carbocycles. The lowest BCUT2D eigenvalue weighted by Crippen LogP contribution is -2.32. The van der Waals surface area contributed by atoms with E-state index in [2.05, 4.69) is 154 Å². The summed E-state index contributed by atoms with van der Waals surface area (Å²) in [7, 11) is 0. The van der Waals surface area contributed by atoms with Gasteiger partial charge in [0.15, 0.2) is 0 Å². The number of rotatable bonds is 10. The highest BCUT2D eigenvalue weighted by molar-refractivity contribution is 5.38. The van der Waals surface area contributed by atoms with Crippen molar-refractivity contribution in [1.29, 1.82) is 0 Å². The minimum absolute atomic E-state index is 0.00528. The molecule has 2 nitrogen and oxygen atoms in total. The predicted molar refractivity (Wildman–Crippen MR) is 184 cm³/mol. The molecule has 0 bridgehead atoms. The summed E-state index contributed by atoms with van der Waals surface area (Å²) in [6, 6.07) is 0. The average Bonchev–Trinajstić information content (AvgIpc) is 2.84. The maximum absolute atomic E-state index is 10.1. The summed E-state index contributed by atoms with van der Waals surface area (Å²) in [5.41, 5.74) is 8.73. The van der Waals surface area contributed by atoms with E-state index in [4.69, 9.17) is 0 Å². The summed E-state index contributed by atoms with van der Waals surface area (Å²) in [6.07, 6.45) is 33.8. The molecule has 0 amide bonds. The Bertz CT molecular complexity index is 1270. The van der Waals surface area contributed by atoms with E-state index in [9.17, 15) is 10.2 Å². The standard InChI is InChI=1S/C40H56O2/c1-29(17-13-19-31(3)21-23-37-33(5)25-35(41)27-39(37,7)8)15-11-12-16-30(2)18-14-20-32(4)22-24-38-34(6)26-36(42)28-40(38,9)10/h11-25,35-37,41-42H,26-28H2,1-10H3/b12-11+,17-13+,18-14+,23-21+,24-22-,29-15+,30-16-,31-19+,32-20+/t35-,36-,37-/m0/s1. The van der Waals surface area contributed by atoms with Crippen molar-refractivity contribution in [3.05, 3.63) is 130 Å². The minimum atomic E-state index is -0.331. The van der Waals surface area contributed by atoms with Gasteiger partial charge in [0.2, 0.25) is 0 Å². The Morgan fingerprint density at radius 2 is 1.21 bits per heavy atom. The molecule has 0 fully saturated rings. The molecule has 2 N–H and O–H groups in total. The SMILES string of the molecule is CC1=C[C@H](O)CC(C)(C)[C@H]1/C=C/C(C)=C/C=C/C(C)=C/C=C/C=C(C)\C=C\C=C(C)\C=C/C1=C(C)C[C@H](O)CC1(C)C. The molecule has 2 aliphatic rings. The molecule has 2 rings (SSSR count). The van der Waals surface area contributed by atoms with Crippen molar-refractivity contribution in [3.63, 3.8) is 0 Å². The second-order valence-corrected chi connectivity index (χ2v) is 13.7. The highest BCUT2D eigenvalue weighted by Gasteiger charge is 2.34. The first-order valence-electron chi connectivity index (χ1n) is 15.4. The van der Waals surface area contributed by atoms with Crippen LogP contribution in [0.5, 0.6) is 0 Å². The van der Waals surface area contributed by atoms with Crippen LogP contribution in [0.3, 0.4) is 0 Å². The second kappa shape index (κ2) is 16.1. The van der Waals surface area contributed by atoms with Crippen molar-refractivity contribution in [2.24, 2.45) is 16.7 Å². The summed E-state index contributed by atoms with van der Waals surface area (Å²) in [6.45, 7) is 21.6. The van der Waals surface area contributed by atoms with Crippen LogP contribution in [-0.2, 0) is 0 Å². The lowest BCUT2D eigenvalue weighted by molar-refractivity contribution is 0.116. The Labute approximate surface area is 257 Å². The van der Waals surface area contributed by atoms with Crippen LogP contribution in [0.1, 0.15) is 88.5 Å². The van der Waals surface area contributed by atoms with Crippen molar-refractivity contribution in [1.82, 2.24) is 0 Å². The van der Waals surface area contributed by atoms with Gasteiger partial charge in [-0.05, 0) is 77.2 Å². The molecule has 42 heavy (non-hydrogen) atoms. The first-order valence-corrected chi connectivity index (χ1v) is 15.4. The molecule has 0 aromatic carbocycles. The van der Waals surface area contributed by atoms with Crippen LogP contribution in [0, 0.1) is 16.7 Å². The largest absolute Gasteiger partial charge is 0.393 e. The Kier molecular flexibility index (Phi) is 13.5. The van der Waals surface area contributed by atoms with Crippen molar-refractivity contribution in [2.45, 2.75) is 101 Å². The molecule has 0 unspecified atom stereocenters. The van der Waals surface area contributed by atoms with Gasteiger partial charge in [-0.1, -0.05) is 152 Å². The van der Waals surface area contributed by atoms with Gasteiger partial charge in [-0.25, -0.2) is 0 Å². The smallest absolute Gasteiger partial charge is 0.0729 e. The van der Waals surface area contributed by atoms with E-state index < -0.39 is 0 Å². The molecular formula is C40H56O2. The zero-order valence-corrected chi connectivity index (χ0v) is 27.9. The van der Waals surface area contributed by atoms with Gasteiger partial charge in [0.1, 0.15) is 0 Å². The Morgan fingerprint density at radius 3 is 1.74 bits per heavy atom. The summed E-state index contributed by atoms with van der Waals surface area (Å²) < 4.78 is 0. The average molecular weight is 569 g/mol. The van der Waals surface area contributed by atoms with Crippen LogP contribution in [0.25, 0.3) is 0 Å². The van der Waals surface area contributed by atoms with E-state index in [1.807, 2.05) is 6.08 Å². The van der Waals surface area contributed by atoms with Crippen LogP contribution in [0.2, 0.25) is 0 Å². The molecule has 228 valence electrons. The van der Waals surface area contributed by atoms with Crippen LogP contribution in [0.4, 0.5) is 0 Å². The first-order chi connectivity index (χ1) is 19.6. The fourth-order valence-electron chi connectivity index (χ4n) is 6.14. The summed E-state index contributed by atoms with van der Waals surface area (Å²) >= 11 is 0. The number of aliphatic hydroxyl groups is 2. The zero-order valence-electron chi connectivity index (χ0n) is 27.9. The number of allylic oxidation sites excluding steroid dienone is 20. The summed E-state index contributed by atoms with van der Waals surface area (Å²) in [5.74, 6) is 0.348. The van der Waals surface area contributed by atoms with Gasteiger partial charge in [0, 0.05) is 5.92 Å². The zero-order chi connectivity index (χ0) is 31.5. The monoisotopic (exact) mass is 568 g/mol. The predicted octanol–water partition coefficient (Wildman–Crippen LogP) is 10.4. The van der Waals surface area contributed by atoms with E-state index in [1.165, 1.54) is 39.0 Å². The van der Waals surface area contributed by atoms with Crippen LogP contribution in [0.15, 0.2) is 130 Å². The fraction of sp³-hybridized carbons (Fsp3) is 0.450. The number of aliphatic hydroxyl groups excluding tert-OH is 2. The number of hydrogen-bond donors (Lipinski definition) is 2. The van der Waals surface area contributed by atoms with Crippen molar-refractivity contribution in [2.75, 3.05) is 0 Å². The lowest BCUT2D eigenvalue weighted by Gasteiger charge is -2.38. The van der Waals surface area contributed by atoms with Gasteiger partial charge in [-0.3, -0.25) is 0 Å². The molecule has 0 radical (unpaired) electrons.